The molecule has 1 aliphatic rings. The molecule has 6 nitrogen and oxygen atoms in total. The molecule has 0 bridgehead atoms. The Hall–Kier alpha value is -0.690. The lowest BCUT2D eigenvalue weighted by Crippen LogP contribution is -2.60. The third-order valence-corrected chi connectivity index (χ3v) is 3.52. The van der Waals surface area contributed by atoms with E-state index in [2.05, 4.69) is 20.8 Å². The molecule has 6 heteroatoms. The number of carbonyl (C=O) groups is 1. The Morgan fingerprint density at radius 2 is 1.76 bits per heavy atom. The van der Waals surface area contributed by atoms with Gasteiger partial charge >= 0.3 is 5.97 Å². The molecule has 124 valence electrons. The van der Waals surface area contributed by atoms with Crippen LogP contribution in [0.15, 0.2) is 0 Å². The van der Waals surface area contributed by atoms with Crippen LogP contribution in [0, 0.1) is 5.41 Å². The van der Waals surface area contributed by atoms with Gasteiger partial charge in [0.15, 0.2) is 5.79 Å². The first kappa shape index (κ1) is 18.4. The van der Waals surface area contributed by atoms with Gasteiger partial charge in [0.05, 0.1) is 6.10 Å². The minimum absolute atomic E-state index is 0.0642. The summed E-state index contributed by atoms with van der Waals surface area (Å²) in [6.45, 7) is 9.89. The van der Waals surface area contributed by atoms with E-state index in [1.807, 2.05) is 0 Å². The van der Waals surface area contributed by atoms with Gasteiger partial charge in [0, 0.05) is 20.6 Å². The molecular weight excluding hydrogens is 276 g/mol. The largest absolute Gasteiger partial charge is 0.477 e. The number of hydrogen-bond donors (Lipinski definition) is 1. The Morgan fingerprint density at radius 3 is 2.14 bits per heavy atom. The fourth-order valence-corrected chi connectivity index (χ4v) is 2.81. The highest BCUT2D eigenvalue weighted by Gasteiger charge is 2.54. The number of hydrogen-bond acceptors (Lipinski definition) is 5. The molecule has 0 unspecified atom stereocenters. The van der Waals surface area contributed by atoms with Crippen molar-refractivity contribution >= 4 is 5.97 Å². The smallest absolute Gasteiger partial charge is 0.367 e. The second-order valence-corrected chi connectivity index (χ2v) is 7.13. The predicted octanol–water partition coefficient (Wildman–Crippen LogP) is 2.41. The first-order chi connectivity index (χ1) is 9.46. The molecule has 1 fully saturated rings. The van der Waals surface area contributed by atoms with Crippen molar-refractivity contribution in [2.75, 3.05) is 14.2 Å². The maximum Gasteiger partial charge on any atom is 0.367 e. The van der Waals surface area contributed by atoms with Gasteiger partial charge in [0.1, 0.15) is 6.10 Å². The van der Waals surface area contributed by atoms with Crippen molar-refractivity contribution in [3.63, 3.8) is 0 Å². The first-order valence-corrected chi connectivity index (χ1v) is 7.15. The Balaban J connectivity index is 3.03. The van der Waals surface area contributed by atoms with Gasteiger partial charge in [-0.05, 0) is 25.7 Å². The fraction of sp³-hybridized carbons (Fsp3) is 0.933. The summed E-state index contributed by atoms with van der Waals surface area (Å²) in [5.41, 5.74) is 0.0642. The minimum atomic E-state index is -1.82. The molecule has 1 rings (SSSR count). The molecular formula is C15H28O6. The van der Waals surface area contributed by atoms with Crippen LogP contribution in [0.4, 0.5) is 0 Å². The molecule has 0 radical (unpaired) electrons. The van der Waals surface area contributed by atoms with E-state index in [0.717, 1.165) is 6.42 Å². The van der Waals surface area contributed by atoms with Gasteiger partial charge in [-0.2, -0.15) is 0 Å². The fourth-order valence-electron chi connectivity index (χ4n) is 2.81. The highest BCUT2D eigenvalue weighted by molar-refractivity contribution is 5.76. The van der Waals surface area contributed by atoms with Crippen LogP contribution in [0.5, 0.6) is 0 Å². The van der Waals surface area contributed by atoms with Gasteiger partial charge < -0.3 is 24.1 Å². The van der Waals surface area contributed by atoms with Gasteiger partial charge in [-0.15, -0.1) is 0 Å². The zero-order valence-corrected chi connectivity index (χ0v) is 14.1. The standard InChI is InChI=1S/C15H28O6/c1-13(2,3)9-10-8-11(21-14(4,5)20-10)15(18-6,19-7)12(16)17/h10-11H,8-9H2,1-7H3,(H,16,17)/t10-,11-/m1/s1. The summed E-state index contributed by atoms with van der Waals surface area (Å²) in [7, 11) is 2.62. The summed E-state index contributed by atoms with van der Waals surface area (Å²) >= 11 is 0. The number of carboxylic acids is 1. The highest BCUT2D eigenvalue weighted by atomic mass is 16.8. The second kappa shape index (κ2) is 6.20. The Kier molecular flexibility index (Phi) is 5.42. The number of rotatable bonds is 5. The average molecular weight is 304 g/mol. The van der Waals surface area contributed by atoms with Crippen LogP contribution in [0.1, 0.15) is 47.5 Å². The van der Waals surface area contributed by atoms with Gasteiger partial charge in [-0.1, -0.05) is 20.8 Å². The summed E-state index contributed by atoms with van der Waals surface area (Å²) in [6, 6.07) is 0. The Bertz CT molecular complexity index is 365. The third-order valence-electron chi connectivity index (χ3n) is 3.52. The van der Waals surface area contributed by atoms with E-state index in [0.29, 0.717) is 6.42 Å². The molecule has 1 aliphatic heterocycles. The normalized spacial score (nSPS) is 26.6. The topological polar surface area (TPSA) is 74.2 Å². The predicted molar refractivity (Wildman–Crippen MR) is 76.9 cm³/mol. The Morgan fingerprint density at radius 1 is 1.24 bits per heavy atom. The molecule has 0 aromatic heterocycles. The summed E-state index contributed by atoms with van der Waals surface area (Å²) < 4.78 is 22.0. The van der Waals surface area contributed by atoms with Crippen molar-refractivity contribution < 1.29 is 28.8 Å². The van der Waals surface area contributed by atoms with E-state index >= 15 is 0 Å². The molecule has 0 aromatic carbocycles. The zero-order valence-electron chi connectivity index (χ0n) is 14.1. The van der Waals surface area contributed by atoms with E-state index in [1.165, 1.54) is 14.2 Å². The molecule has 0 amide bonds. The summed E-state index contributed by atoms with van der Waals surface area (Å²) in [5.74, 6) is -3.92. The SMILES string of the molecule is COC(OC)(C(=O)O)[C@H]1C[C@H](CC(C)(C)C)OC(C)(C)O1. The summed E-state index contributed by atoms with van der Waals surface area (Å²) in [6.07, 6.45) is 0.317. The molecule has 21 heavy (non-hydrogen) atoms. The molecule has 0 aliphatic carbocycles. The average Bonchev–Trinajstić information content (AvgIpc) is 2.26. The van der Waals surface area contributed by atoms with Crippen molar-refractivity contribution in [2.45, 2.75) is 71.2 Å². The number of ether oxygens (including phenoxy) is 4. The van der Waals surface area contributed by atoms with E-state index in [4.69, 9.17) is 18.9 Å². The maximum absolute atomic E-state index is 11.6. The van der Waals surface area contributed by atoms with Crippen molar-refractivity contribution in [1.82, 2.24) is 0 Å². The number of methoxy groups -OCH3 is 2. The van der Waals surface area contributed by atoms with Gasteiger partial charge in [-0.3, -0.25) is 0 Å². The molecule has 0 spiro atoms. The third kappa shape index (κ3) is 4.39. The summed E-state index contributed by atoms with van der Waals surface area (Å²) in [5, 5.41) is 9.49. The summed E-state index contributed by atoms with van der Waals surface area (Å²) in [4.78, 5) is 11.6. The van der Waals surface area contributed by atoms with E-state index in [1.54, 1.807) is 13.8 Å². The quantitative estimate of drug-likeness (QED) is 0.786. The monoisotopic (exact) mass is 304 g/mol. The van der Waals surface area contributed by atoms with Gasteiger partial charge in [0.25, 0.3) is 5.79 Å². The number of carboxylic acid groups (broad SMARTS) is 1. The zero-order chi connectivity index (χ0) is 16.5. The van der Waals surface area contributed by atoms with E-state index in [-0.39, 0.29) is 11.5 Å². The van der Waals surface area contributed by atoms with Crippen LogP contribution in [-0.4, -0.2) is 49.1 Å². The van der Waals surface area contributed by atoms with Crippen LogP contribution in [-0.2, 0) is 23.7 Å². The molecule has 0 aromatic rings. The molecule has 2 atom stereocenters. The first-order valence-electron chi connectivity index (χ1n) is 7.15. The molecule has 0 saturated carbocycles. The van der Waals surface area contributed by atoms with Crippen LogP contribution < -0.4 is 0 Å². The van der Waals surface area contributed by atoms with Crippen molar-refractivity contribution in [3.05, 3.63) is 0 Å². The van der Waals surface area contributed by atoms with Crippen molar-refractivity contribution in [1.29, 1.82) is 0 Å². The van der Waals surface area contributed by atoms with E-state index < -0.39 is 23.6 Å². The molecule has 1 N–H and O–H groups in total. The molecule has 1 heterocycles. The van der Waals surface area contributed by atoms with Gasteiger partial charge in [0.2, 0.25) is 0 Å². The highest BCUT2D eigenvalue weighted by Crippen LogP contribution is 2.38. The number of aliphatic carboxylic acids is 1. The minimum Gasteiger partial charge on any atom is -0.477 e. The maximum atomic E-state index is 11.6. The lowest BCUT2D eigenvalue weighted by molar-refractivity contribution is -0.361. The lowest BCUT2D eigenvalue weighted by atomic mass is 9.85. The van der Waals surface area contributed by atoms with Crippen LogP contribution in [0.2, 0.25) is 0 Å². The van der Waals surface area contributed by atoms with Gasteiger partial charge in [-0.25, -0.2) is 4.79 Å². The van der Waals surface area contributed by atoms with Crippen molar-refractivity contribution in [2.24, 2.45) is 5.41 Å². The van der Waals surface area contributed by atoms with Crippen LogP contribution in [0.3, 0.4) is 0 Å². The second-order valence-electron chi connectivity index (χ2n) is 7.13. The Labute approximate surface area is 126 Å². The van der Waals surface area contributed by atoms with Crippen LogP contribution >= 0.6 is 0 Å². The van der Waals surface area contributed by atoms with Crippen molar-refractivity contribution in [3.8, 4) is 0 Å². The van der Waals surface area contributed by atoms with Crippen LogP contribution in [0.25, 0.3) is 0 Å². The lowest BCUT2D eigenvalue weighted by Gasteiger charge is -2.46. The molecule has 1 saturated heterocycles. The van der Waals surface area contributed by atoms with E-state index in [9.17, 15) is 9.90 Å².